The third-order valence-corrected chi connectivity index (χ3v) is 6.81. The van der Waals surface area contributed by atoms with Crippen LogP contribution in [0.1, 0.15) is 23.1 Å². The van der Waals surface area contributed by atoms with Crippen LogP contribution in [-0.4, -0.2) is 27.3 Å². The Hall–Kier alpha value is -3.13. The lowest BCUT2D eigenvalue weighted by atomic mass is 10.0. The van der Waals surface area contributed by atoms with Crippen LogP contribution in [0.25, 0.3) is 6.08 Å². The molecule has 6 nitrogen and oxygen atoms in total. The average Bonchev–Trinajstić information content (AvgIpc) is 3.23. The summed E-state index contributed by atoms with van der Waals surface area (Å²) >= 11 is 6.41. The normalized spacial score (nSPS) is 16.3. The smallest absolute Gasteiger partial charge is 0.238 e. The zero-order chi connectivity index (χ0) is 23.6. The van der Waals surface area contributed by atoms with Crippen LogP contribution < -0.4 is 14.9 Å². The van der Waals surface area contributed by atoms with Crippen molar-refractivity contribution in [2.75, 3.05) is 12.1 Å². The monoisotopic (exact) mass is 481 g/mol. The summed E-state index contributed by atoms with van der Waals surface area (Å²) in [4.78, 5) is 0.0537. The first-order valence-electron chi connectivity index (χ1n) is 10.3. The number of benzene rings is 3. The molecule has 33 heavy (non-hydrogen) atoms. The number of nitrogens with two attached hydrogens (primary N) is 1. The summed E-state index contributed by atoms with van der Waals surface area (Å²) in [7, 11) is -2.15. The molecule has 170 valence electrons. The van der Waals surface area contributed by atoms with Crippen molar-refractivity contribution >= 4 is 39.1 Å². The summed E-state index contributed by atoms with van der Waals surface area (Å²) in [6.45, 7) is 1.93. The van der Waals surface area contributed by atoms with Gasteiger partial charge in [0.1, 0.15) is 5.75 Å². The molecule has 0 spiro atoms. The van der Waals surface area contributed by atoms with Gasteiger partial charge in [0.15, 0.2) is 0 Å². The van der Waals surface area contributed by atoms with Crippen LogP contribution in [0.4, 0.5) is 5.69 Å². The first-order chi connectivity index (χ1) is 15.8. The van der Waals surface area contributed by atoms with Crippen molar-refractivity contribution < 1.29 is 13.2 Å². The van der Waals surface area contributed by atoms with E-state index in [-0.39, 0.29) is 10.9 Å². The predicted octanol–water partition coefficient (Wildman–Crippen LogP) is 5.00. The molecule has 0 radical (unpaired) electrons. The van der Waals surface area contributed by atoms with Gasteiger partial charge in [0.2, 0.25) is 10.0 Å². The highest BCUT2D eigenvalue weighted by Crippen LogP contribution is 2.34. The molecule has 3 aromatic rings. The number of aryl methyl sites for hydroxylation is 1. The fraction of sp³-hybridized carbons (Fsp3) is 0.160. The number of primary sulfonamides is 1. The molecule has 0 saturated heterocycles. The summed E-state index contributed by atoms with van der Waals surface area (Å²) in [6.07, 6.45) is 4.76. The molecule has 1 unspecified atom stereocenters. The molecular formula is C25H24ClN3O3S. The second-order valence-electron chi connectivity index (χ2n) is 7.77. The van der Waals surface area contributed by atoms with Crippen molar-refractivity contribution in [3.05, 3.63) is 94.5 Å². The van der Waals surface area contributed by atoms with Crippen LogP contribution in [0.5, 0.6) is 5.75 Å². The minimum Gasteiger partial charge on any atom is -0.496 e. The van der Waals surface area contributed by atoms with Crippen LogP contribution in [0.15, 0.2) is 82.8 Å². The maximum atomic E-state index is 11.7. The van der Waals surface area contributed by atoms with Crippen LogP contribution >= 0.6 is 11.6 Å². The lowest BCUT2D eigenvalue weighted by Crippen LogP contribution is -2.24. The molecule has 0 aliphatic carbocycles. The summed E-state index contributed by atoms with van der Waals surface area (Å²) in [5.74, 6) is 0.702. The van der Waals surface area contributed by atoms with Gasteiger partial charge in [-0.25, -0.2) is 13.6 Å². The Bertz CT molecular complexity index is 1320. The van der Waals surface area contributed by atoms with Gasteiger partial charge in [-0.05, 0) is 54.4 Å². The van der Waals surface area contributed by atoms with Crippen molar-refractivity contribution in [2.45, 2.75) is 24.3 Å². The van der Waals surface area contributed by atoms with Gasteiger partial charge in [-0.2, -0.15) is 5.10 Å². The highest BCUT2D eigenvalue weighted by atomic mass is 35.5. The number of halogens is 1. The van der Waals surface area contributed by atoms with Crippen LogP contribution in [-0.2, 0) is 10.0 Å². The van der Waals surface area contributed by atoms with Gasteiger partial charge in [0.05, 0.1) is 29.4 Å². The highest BCUT2D eigenvalue weighted by molar-refractivity contribution is 7.89. The Morgan fingerprint density at radius 3 is 2.45 bits per heavy atom. The van der Waals surface area contributed by atoms with E-state index in [0.717, 1.165) is 28.1 Å². The number of methoxy groups -OCH3 is 1. The van der Waals surface area contributed by atoms with E-state index in [9.17, 15) is 8.42 Å². The van der Waals surface area contributed by atoms with Gasteiger partial charge in [-0.15, -0.1) is 0 Å². The maximum Gasteiger partial charge on any atom is 0.238 e. The molecule has 1 aliphatic heterocycles. The standard InChI is InChI=1S/C25H24ClN3O3S/c1-17-14-25(32-2)22(16-23(17)26)24-15-20(9-8-18-6-4-3-5-7-18)29(28-24)19-10-12-21(13-11-19)33(27,30)31/h3-14,16,20H,15H2,1-2H3,(H2,27,30,31)/b9-8+. The van der Waals surface area contributed by atoms with Gasteiger partial charge in [0.25, 0.3) is 0 Å². The molecule has 0 saturated carbocycles. The van der Waals surface area contributed by atoms with Crippen LogP contribution in [0.3, 0.4) is 0 Å². The first-order valence-corrected chi connectivity index (χ1v) is 12.3. The van der Waals surface area contributed by atoms with Gasteiger partial charge in [-0.3, -0.25) is 5.01 Å². The Morgan fingerprint density at radius 2 is 1.82 bits per heavy atom. The van der Waals surface area contributed by atoms with Crippen molar-refractivity contribution in [3.8, 4) is 5.75 Å². The van der Waals surface area contributed by atoms with Crippen molar-refractivity contribution in [2.24, 2.45) is 10.2 Å². The largest absolute Gasteiger partial charge is 0.496 e. The minimum atomic E-state index is -3.77. The van der Waals surface area contributed by atoms with Gasteiger partial charge in [0, 0.05) is 17.0 Å². The summed E-state index contributed by atoms with van der Waals surface area (Å²) in [5, 5.41) is 12.6. The molecule has 4 rings (SSSR count). The number of sulfonamides is 1. The molecule has 8 heteroatoms. The molecule has 0 fully saturated rings. The van der Waals surface area contributed by atoms with Crippen molar-refractivity contribution in [1.29, 1.82) is 0 Å². The fourth-order valence-corrected chi connectivity index (χ4v) is 4.40. The van der Waals surface area contributed by atoms with Crippen molar-refractivity contribution in [3.63, 3.8) is 0 Å². The molecular weight excluding hydrogens is 458 g/mol. The van der Waals surface area contributed by atoms with Gasteiger partial charge in [-0.1, -0.05) is 54.1 Å². The van der Waals surface area contributed by atoms with Crippen molar-refractivity contribution in [1.82, 2.24) is 0 Å². The number of rotatable bonds is 6. The average molecular weight is 482 g/mol. The van der Waals surface area contributed by atoms with E-state index >= 15 is 0 Å². The fourth-order valence-electron chi connectivity index (χ4n) is 3.72. The Labute approximate surface area is 199 Å². The maximum absolute atomic E-state index is 11.7. The van der Waals surface area contributed by atoms with Crippen LogP contribution in [0.2, 0.25) is 5.02 Å². The molecule has 1 heterocycles. The number of anilines is 1. The molecule has 0 aromatic heterocycles. The lowest BCUT2D eigenvalue weighted by Gasteiger charge is -2.21. The second-order valence-corrected chi connectivity index (χ2v) is 9.74. The quantitative estimate of drug-likeness (QED) is 0.536. The molecule has 0 amide bonds. The molecule has 1 atom stereocenters. The third-order valence-electron chi connectivity index (χ3n) is 5.48. The molecule has 1 aliphatic rings. The van der Waals surface area contributed by atoms with Gasteiger partial charge < -0.3 is 4.74 Å². The lowest BCUT2D eigenvalue weighted by molar-refractivity contribution is 0.413. The molecule has 0 bridgehead atoms. The minimum absolute atomic E-state index is 0.0537. The SMILES string of the molecule is COc1cc(C)c(Cl)cc1C1=NN(c2ccc(S(N)(=O)=O)cc2)C(/C=C/c2ccccc2)C1. The summed E-state index contributed by atoms with van der Waals surface area (Å²) in [5.41, 5.74) is 4.40. The summed E-state index contributed by atoms with van der Waals surface area (Å²) in [6, 6.07) is 20.1. The third kappa shape index (κ3) is 5.11. The van der Waals surface area contributed by atoms with Gasteiger partial charge >= 0.3 is 0 Å². The van der Waals surface area contributed by atoms with E-state index in [2.05, 4.69) is 6.08 Å². The Kier molecular flexibility index (Phi) is 6.56. The zero-order valence-corrected chi connectivity index (χ0v) is 19.8. The van der Waals surface area contributed by atoms with Crippen LogP contribution in [0, 0.1) is 6.92 Å². The number of nitrogens with zero attached hydrogens (tertiary/aromatic N) is 2. The van der Waals surface area contributed by atoms with E-state index < -0.39 is 10.0 Å². The first kappa shape index (κ1) is 23.0. The summed E-state index contributed by atoms with van der Waals surface area (Å²) < 4.78 is 28.9. The van der Waals surface area contributed by atoms with E-state index in [1.165, 1.54) is 12.1 Å². The molecule has 2 N–H and O–H groups in total. The number of hydrogen-bond donors (Lipinski definition) is 1. The number of ether oxygens (including phenoxy) is 1. The highest BCUT2D eigenvalue weighted by Gasteiger charge is 2.29. The zero-order valence-electron chi connectivity index (χ0n) is 18.3. The number of hydrogen-bond acceptors (Lipinski definition) is 5. The van der Waals surface area contributed by atoms with E-state index in [4.69, 9.17) is 26.6 Å². The Morgan fingerprint density at radius 1 is 1.12 bits per heavy atom. The van der Waals surface area contributed by atoms with E-state index in [1.54, 1.807) is 19.2 Å². The topological polar surface area (TPSA) is 85.0 Å². The van der Waals surface area contributed by atoms with E-state index in [1.807, 2.05) is 60.5 Å². The van der Waals surface area contributed by atoms with E-state index in [0.29, 0.717) is 17.2 Å². The molecule has 3 aromatic carbocycles. The number of hydrazone groups is 1. The predicted molar refractivity (Wildman–Crippen MR) is 133 cm³/mol. The second kappa shape index (κ2) is 9.39. The Balaban J connectivity index is 1.74.